The molecule has 4 aromatic rings. The van der Waals surface area contributed by atoms with E-state index in [1.54, 1.807) is 6.07 Å². The summed E-state index contributed by atoms with van der Waals surface area (Å²) >= 11 is 4.13. The van der Waals surface area contributed by atoms with Crippen LogP contribution in [0.4, 0.5) is 14.5 Å². The first-order valence-corrected chi connectivity index (χ1v) is 12.4. The summed E-state index contributed by atoms with van der Waals surface area (Å²) in [5, 5.41) is 24.4. The molecule has 10 nitrogen and oxygen atoms in total. The van der Waals surface area contributed by atoms with Crippen LogP contribution < -0.4 is 10.6 Å². The van der Waals surface area contributed by atoms with Crippen LogP contribution in [-0.2, 0) is 11.3 Å². The first-order chi connectivity index (χ1) is 18.2. The van der Waals surface area contributed by atoms with Gasteiger partial charge in [0.25, 0.3) is 11.6 Å². The number of nitro benzene ring substituents is 1. The largest absolute Gasteiger partial charge is 0.349 e. The Morgan fingerprint density at radius 2 is 1.82 bits per heavy atom. The van der Waals surface area contributed by atoms with E-state index in [9.17, 15) is 28.5 Å². The fourth-order valence-corrected chi connectivity index (χ4v) is 4.31. The zero-order valence-electron chi connectivity index (χ0n) is 19.2. The van der Waals surface area contributed by atoms with Crippen molar-refractivity contribution < 1.29 is 23.3 Å². The van der Waals surface area contributed by atoms with E-state index < -0.39 is 28.4 Å². The molecule has 0 radical (unpaired) electrons. The van der Waals surface area contributed by atoms with Crippen molar-refractivity contribution in [2.45, 2.75) is 16.3 Å². The van der Waals surface area contributed by atoms with Gasteiger partial charge in [-0.2, -0.15) is 0 Å². The summed E-state index contributed by atoms with van der Waals surface area (Å²) in [6.07, 6.45) is 1.52. The van der Waals surface area contributed by atoms with E-state index in [0.717, 1.165) is 17.8 Å². The van der Waals surface area contributed by atoms with E-state index in [2.05, 4.69) is 36.9 Å². The minimum absolute atomic E-state index is 0.00220. The number of aromatic nitrogens is 3. The number of nitrogens with one attached hydrogen (secondary N) is 2. The SMILES string of the molecule is O=C(CNC(=O)c1ccc(Sc2ccc(F)cc2)c([N+](=O)[O-])c1)NCc1cn(-c2ccc(Br)c(F)c2)nn1. The highest BCUT2D eigenvalue weighted by molar-refractivity contribution is 9.10. The van der Waals surface area contributed by atoms with Crippen LogP contribution in [0, 0.1) is 21.7 Å². The second-order valence-electron chi connectivity index (χ2n) is 7.71. The van der Waals surface area contributed by atoms with E-state index in [1.807, 2.05) is 0 Å². The summed E-state index contributed by atoms with van der Waals surface area (Å²) in [6, 6.07) is 13.8. The van der Waals surface area contributed by atoms with E-state index in [-0.39, 0.29) is 29.2 Å². The average molecular weight is 603 g/mol. The predicted octanol–water partition coefficient (Wildman–Crippen LogP) is 4.41. The highest BCUT2D eigenvalue weighted by atomic mass is 79.9. The lowest BCUT2D eigenvalue weighted by Gasteiger charge is -2.08. The third-order valence-electron chi connectivity index (χ3n) is 5.04. The molecule has 1 aromatic heterocycles. The number of hydrogen-bond acceptors (Lipinski definition) is 7. The van der Waals surface area contributed by atoms with Gasteiger partial charge in [0.15, 0.2) is 0 Å². The maximum Gasteiger partial charge on any atom is 0.284 e. The van der Waals surface area contributed by atoms with Crippen LogP contribution in [-0.4, -0.2) is 38.3 Å². The second-order valence-corrected chi connectivity index (χ2v) is 9.68. The Bertz CT molecular complexity index is 1520. The van der Waals surface area contributed by atoms with E-state index in [1.165, 1.54) is 59.4 Å². The zero-order valence-corrected chi connectivity index (χ0v) is 21.6. The number of nitro groups is 1. The van der Waals surface area contributed by atoms with E-state index in [4.69, 9.17) is 0 Å². The molecule has 0 bridgehead atoms. The molecule has 2 amide bonds. The van der Waals surface area contributed by atoms with Crippen LogP contribution >= 0.6 is 27.7 Å². The maximum absolute atomic E-state index is 13.7. The number of amides is 2. The van der Waals surface area contributed by atoms with Gasteiger partial charge in [-0.05, 0) is 64.5 Å². The van der Waals surface area contributed by atoms with Crippen molar-refractivity contribution in [2.75, 3.05) is 6.54 Å². The third-order valence-corrected chi connectivity index (χ3v) is 6.76. The summed E-state index contributed by atoms with van der Waals surface area (Å²) < 4.78 is 28.5. The Labute approximate surface area is 226 Å². The van der Waals surface area contributed by atoms with Gasteiger partial charge >= 0.3 is 0 Å². The average Bonchev–Trinajstić information content (AvgIpc) is 3.38. The lowest BCUT2D eigenvalue weighted by atomic mass is 10.2. The molecule has 3 aromatic carbocycles. The second kappa shape index (κ2) is 11.9. The molecule has 0 aliphatic heterocycles. The summed E-state index contributed by atoms with van der Waals surface area (Å²) in [5.74, 6) is -2.09. The third kappa shape index (κ3) is 6.77. The smallest absolute Gasteiger partial charge is 0.284 e. The molecule has 38 heavy (non-hydrogen) atoms. The Kier molecular flexibility index (Phi) is 8.43. The molecule has 1 heterocycles. The van der Waals surface area contributed by atoms with Crippen LogP contribution in [0.2, 0.25) is 0 Å². The topological polar surface area (TPSA) is 132 Å². The minimum atomic E-state index is -0.676. The molecule has 4 rings (SSSR count). The number of benzene rings is 3. The van der Waals surface area contributed by atoms with Crippen LogP contribution in [0.25, 0.3) is 5.69 Å². The van der Waals surface area contributed by atoms with Crippen LogP contribution in [0.1, 0.15) is 16.1 Å². The van der Waals surface area contributed by atoms with E-state index >= 15 is 0 Å². The standard InChI is InChI=1S/C24H17BrF2N6O4S/c25-19-7-4-17(10-20(19)27)32-13-16(30-31-32)11-28-23(34)12-29-24(35)14-1-8-22(21(9-14)33(36)37)38-18-5-2-15(26)3-6-18/h1-10,13H,11-12H2,(H,28,34)(H,29,35). The number of nitrogens with zero attached hydrogens (tertiary/aromatic N) is 4. The number of carbonyl (C=O) groups is 2. The lowest BCUT2D eigenvalue weighted by Crippen LogP contribution is -2.36. The van der Waals surface area contributed by atoms with Gasteiger partial charge in [0.1, 0.15) is 17.3 Å². The quantitative estimate of drug-likeness (QED) is 0.214. The van der Waals surface area contributed by atoms with Gasteiger partial charge in [-0.15, -0.1) is 5.10 Å². The predicted molar refractivity (Wildman–Crippen MR) is 137 cm³/mol. The monoisotopic (exact) mass is 602 g/mol. The zero-order chi connectivity index (χ0) is 27.2. The summed E-state index contributed by atoms with van der Waals surface area (Å²) in [4.78, 5) is 36.5. The molecule has 0 atom stereocenters. The van der Waals surface area contributed by atoms with Gasteiger partial charge in [0.05, 0.1) is 39.3 Å². The maximum atomic E-state index is 13.7. The van der Waals surface area contributed by atoms with Gasteiger partial charge < -0.3 is 10.6 Å². The Morgan fingerprint density at radius 1 is 1.05 bits per heavy atom. The number of rotatable bonds is 9. The van der Waals surface area contributed by atoms with Crippen LogP contribution in [0.3, 0.4) is 0 Å². The first-order valence-electron chi connectivity index (χ1n) is 10.8. The molecule has 194 valence electrons. The molecule has 0 aliphatic carbocycles. The molecule has 0 saturated carbocycles. The Morgan fingerprint density at radius 3 is 2.53 bits per heavy atom. The first kappa shape index (κ1) is 26.9. The Hall–Kier alpha value is -4.17. The van der Waals surface area contributed by atoms with Crippen molar-refractivity contribution in [1.29, 1.82) is 0 Å². The number of carbonyl (C=O) groups excluding carboxylic acids is 2. The molecule has 0 saturated heterocycles. The summed E-state index contributed by atoms with van der Waals surface area (Å²) in [7, 11) is 0. The molecule has 2 N–H and O–H groups in total. The van der Waals surface area contributed by atoms with E-state index in [0.29, 0.717) is 20.7 Å². The Balaban J connectivity index is 1.32. The van der Waals surface area contributed by atoms with Gasteiger partial charge in [0, 0.05) is 22.6 Å². The van der Waals surface area contributed by atoms with Crippen molar-refractivity contribution in [1.82, 2.24) is 25.6 Å². The van der Waals surface area contributed by atoms with Gasteiger partial charge in [-0.1, -0.05) is 17.0 Å². The highest BCUT2D eigenvalue weighted by Gasteiger charge is 2.19. The molecule has 0 spiro atoms. The van der Waals surface area contributed by atoms with Crippen molar-refractivity contribution in [3.63, 3.8) is 0 Å². The summed E-state index contributed by atoms with van der Waals surface area (Å²) in [6.45, 7) is -0.376. The van der Waals surface area contributed by atoms with Crippen molar-refractivity contribution in [3.8, 4) is 5.69 Å². The van der Waals surface area contributed by atoms with Crippen LogP contribution in [0.15, 0.2) is 81.1 Å². The number of hydrogen-bond donors (Lipinski definition) is 2. The normalized spacial score (nSPS) is 10.7. The van der Waals surface area contributed by atoms with Gasteiger partial charge in [-0.3, -0.25) is 19.7 Å². The van der Waals surface area contributed by atoms with Crippen LogP contribution in [0.5, 0.6) is 0 Å². The molecule has 0 fully saturated rings. The molecule has 0 aliphatic rings. The summed E-state index contributed by atoms with van der Waals surface area (Å²) in [5.41, 5.74) is 0.542. The van der Waals surface area contributed by atoms with Crippen molar-refractivity contribution in [3.05, 3.63) is 104 Å². The fourth-order valence-electron chi connectivity index (χ4n) is 3.16. The number of halogens is 3. The molecule has 14 heteroatoms. The van der Waals surface area contributed by atoms with Crippen molar-refractivity contribution >= 4 is 45.2 Å². The van der Waals surface area contributed by atoms with Crippen molar-refractivity contribution in [2.24, 2.45) is 0 Å². The molecular weight excluding hydrogens is 586 g/mol. The fraction of sp³-hybridized carbons (Fsp3) is 0.0833. The van der Waals surface area contributed by atoms with Gasteiger partial charge in [-0.25, -0.2) is 13.5 Å². The minimum Gasteiger partial charge on any atom is -0.349 e. The molecule has 0 unspecified atom stereocenters. The van der Waals surface area contributed by atoms with Gasteiger partial charge in [0.2, 0.25) is 5.91 Å². The lowest BCUT2D eigenvalue weighted by molar-refractivity contribution is -0.387. The molecular formula is C24H17BrF2N6O4S. The highest BCUT2D eigenvalue weighted by Crippen LogP contribution is 2.35.